The molecule has 2 N–H and O–H groups in total. The van der Waals surface area contributed by atoms with E-state index < -0.39 is 15.9 Å². The third kappa shape index (κ3) is 3.13. The lowest BCUT2D eigenvalue weighted by Crippen LogP contribution is -2.28. The van der Waals surface area contributed by atoms with E-state index in [1.807, 2.05) is 30.3 Å². The number of rotatable bonds is 4. The van der Waals surface area contributed by atoms with E-state index in [0.717, 1.165) is 12.0 Å². The van der Waals surface area contributed by atoms with E-state index >= 15 is 0 Å². The lowest BCUT2D eigenvalue weighted by Gasteiger charge is -2.17. The van der Waals surface area contributed by atoms with Crippen molar-refractivity contribution in [2.45, 2.75) is 17.2 Å². The number of sulfonamides is 1. The Morgan fingerprint density at radius 2 is 1.70 bits per heavy atom. The summed E-state index contributed by atoms with van der Waals surface area (Å²) in [6, 6.07) is 15.7. The number of benzene rings is 2. The van der Waals surface area contributed by atoms with E-state index in [0.29, 0.717) is 18.7 Å². The van der Waals surface area contributed by atoms with Crippen molar-refractivity contribution in [2.24, 2.45) is 5.73 Å². The van der Waals surface area contributed by atoms with E-state index in [1.54, 1.807) is 0 Å². The minimum Gasteiger partial charge on any atom is -0.366 e. The Morgan fingerprint density at radius 3 is 2.30 bits per heavy atom. The predicted molar refractivity (Wildman–Crippen MR) is 87.5 cm³/mol. The highest BCUT2D eigenvalue weighted by atomic mass is 32.2. The summed E-state index contributed by atoms with van der Waals surface area (Å²) in [6.45, 7) is 0.976. The largest absolute Gasteiger partial charge is 0.366 e. The zero-order valence-corrected chi connectivity index (χ0v) is 13.4. The number of amides is 1. The molecule has 2 aromatic carbocycles. The van der Waals surface area contributed by atoms with E-state index in [2.05, 4.69) is 0 Å². The summed E-state index contributed by atoms with van der Waals surface area (Å²) in [5, 5.41) is 0. The Balaban J connectivity index is 1.79. The molecule has 0 bridgehead atoms. The first-order valence-electron chi connectivity index (χ1n) is 7.43. The van der Waals surface area contributed by atoms with Gasteiger partial charge in [-0.3, -0.25) is 4.79 Å². The van der Waals surface area contributed by atoms with Crippen LogP contribution in [0.3, 0.4) is 0 Å². The van der Waals surface area contributed by atoms with Crippen LogP contribution in [-0.2, 0) is 10.0 Å². The average molecular weight is 330 g/mol. The van der Waals surface area contributed by atoms with E-state index in [9.17, 15) is 13.2 Å². The van der Waals surface area contributed by atoms with Crippen LogP contribution in [0.2, 0.25) is 0 Å². The number of hydrogen-bond donors (Lipinski definition) is 1. The van der Waals surface area contributed by atoms with Crippen molar-refractivity contribution >= 4 is 15.9 Å². The van der Waals surface area contributed by atoms with Gasteiger partial charge in [0.15, 0.2) is 0 Å². The number of carbonyl (C=O) groups excluding carboxylic acids is 1. The lowest BCUT2D eigenvalue weighted by atomic mass is 9.99. The predicted octanol–water partition coefficient (Wildman–Crippen LogP) is 1.96. The molecule has 0 spiro atoms. The standard InChI is InChI=1S/C17H18N2O3S/c18-17(20)14-6-8-16(9-7-14)23(21,22)19-11-10-15(12-19)13-4-2-1-3-5-13/h1-9,15H,10-12H2,(H2,18,20). The Bertz CT molecular complexity index is 801. The van der Waals surface area contributed by atoms with Crippen molar-refractivity contribution < 1.29 is 13.2 Å². The second-order valence-electron chi connectivity index (χ2n) is 5.65. The Labute approximate surface area is 135 Å². The molecule has 6 heteroatoms. The second-order valence-corrected chi connectivity index (χ2v) is 7.59. The average Bonchev–Trinajstić information content (AvgIpc) is 3.06. The minimum absolute atomic E-state index is 0.191. The normalized spacial score (nSPS) is 18.9. The van der Waals surface area contributed by atoms with Crippen LogP contribution in [0.4, 0.5) is 0 Å². The van der Waals surface area contributed by atoms with E-state index in [4.69, 9.17) is 5.73 Å². The van der Waals surface area contributed by atoms with Crippen LogP contribution in [0.25, 0.3) is 0 Å². The van der Waals surface area contributed by atoms with Gasteiger partial charge in [0, 0.05) is 18.7 Å². The second kappa shape index (κ2) is 6.14. The van der Waals surface area contributed by atoms with Crippen LogP contribution in [-0.4, -0.2) is 31.7 Å². The van der Waals surface area contributed by atoms with Gasteiger partial charge in [0.25, 0.3) is 0 Å². The van der Waals surface area contributed by atoms with Crippen LogP contribution in [0, 0.1) is 0 Å². The molecule has 2 aromatic rings. The molecule has 3 rings (SSSR count). The van der Waals surface area contributed by atoms with Crippen LogP contribution >= 0.6 is 0 Å². The summed E-state index contributed by atoms with van der Waals surface area (Å²) < 4.78 is 26.9. The molecule has 1 amide bonds. The molecule has 5 nitrogen and oxygen atoms in total. The van der Waals surface area contributed by atoms with Crippen molar-refractivity contribution in [1.29, 1.82) is 0 Å². The van der Waals surface area contributed by atoms with Crippen LogP contribution < -0.4 is 5.73 Å². The summed E-state index contributed by atoms with van der Waals surface area (Å²) in [5.74, 6) is -0.352. The zero-order chi connectivity index (χ0) is 16.4. The van der Waals surface area contributed by atoms with Crippen molar-refractivity contribution in [3.8, 4) is 0 Å². The first kappa shape index (κ1) is 15.7. The van der Waals surface area contributed by atoms with Crippen molar-refractivity contribution in [3.63, 3.8) is 0 Å². The number of nitrogens with two attached hydrogens (primary N) is 1. The fourth-order valence-electron chi connectivity index (χ4n) is 2.88. The molecular formula is C17H18N2O3S. The van der Waals surface area contributed by atoms with Gasteiger partial charge >= 0.3 is 0 Å². The third-order valence-corrected chi connectivity index (χ3v) is 6.08. The fourth-order valence-corrected chi connectivity index (χ4v) is 4.38. The molecule has 1 aliphatic rings. The summed E-state index contributed by atoms with van der Waals surface area (Å²) in [4.78, 5) is 11.3. The first-order valence-corrected chi connectivity index (χ1v) is 8.87. The molecule has 0 saturated carbocycles. The number of nitrogens with zero attached hydrogens (tertiary/aromatic N) is 1. The maximum Gasteiger partial charge on any atom is 0.248 e. The molecule has 23 heavy (non-hydrogen) atoms. The third-order valence-electron chi connectivity index (χ3n) is 4.20. The highest BCUT2D eigenvalue weighted by Gasteiger charge is 2.33. The number of primary amides is 1. The van der Waals surface area contributed by atoms with E-state index in [-0.39, 0.29) is 10.8 Å². The Morgan fingerprint density at radius 1 is 1.04 bits per heavy atom. The van der Waals surface area contributed by atoms with Gasteiger partial charge in [-0.25, -0.2) is 8.42 Å². The molecule has 1 fully saturated rings. The summed E-state index contributed by atoms with van der Waals surface area (Å²) in [5.41, 5.74) is 6.64. The molecule has 1 heterocycles. The van der Waals surface area contributed by atoms with Crippen molar-refractivity contribution in [2.75, 3.05) is 13.1 Å². The van der Waals surface area contributed by atoms with Gasteiger partial charge in [0.2, 0.25) is 15.9 Å². The Hall–Kier alpha value is -2.18. The smallest absolute Gasteiger partial charge is 0.248 e. The molecule has 1 unspecified atom stereocenters. The van der Waals surface area contributed by atoms with Gasteiger partial charge in [0.05, 0.1) is 4.90 Å². The summed E-state index contributed by atoms with van der Waals surface area (Å²) in [7, 11) is -3.54. The van der Waals surface area contributed by atoms with Crippen LogP contribution in [0.1, 0.15) is 28.3 Å². The topological polar surface area (TPSA) is 80.5 Å². The number of carbonyl (C=O) groups is 1. The summed E-state index contributed by atoms with van der Waals surface area (Å²) in [6.07, 6.45) is 0.808. The molecule has 1 aliphatic heterocycles. The zero-order valence-electron chi connectivity index (χ0n) is 12.6. The van der Waals surface area contributed by atoms with Gasteiger partial charge in [-0.05, 0) is 42.2 Å². The molecule has 1 saturated heterocycles. The highest BCUT2D eigenvalue weighted by Crippen LogP contribution is 2.30. The van der Waals surface area contributed by atoms with Gasteiger partial charge in [-0.2, -0.15) is 4.31 Å². The van der Waals surface area contributed by atoms with Crippen LogP contribution in [0.15, 0.2) is 59.5 Å². The SMILES string of the molecule is NC(=O)c1ccc(S(=O)(=O)N2CCC(c3ccccc3)C2)cc1. The quantitative estimate of drug-likeness (QED) is 0.930. The van der Waals surface area contributed by atoms with Gasteiger partial charge in [-0.15, -0.1) is 0 Å². The summed E-state index contributed by atoms with van der Waals surface area (Å²) >= 11 is 0. The maximum atomic E-state index is 12.7. The molecule has 0 aromatic heterocycles. The van der Waals surface area contributed by atoms with Gasteiger partial charge in [0.1, 0.15) is 0 Å². The first-order chi connectivity index (χ1) is 11.0. The van der Waals surface area contributed by atoms with Gasteiger partial charge in [-0.1, -0.05) is 30.3 Å². The molecule has 1 atom stereocenters. The number of hydrogen-bond acceptors (Lipinski definition) is 3. The maximum absolute atomic E-state index is 12.7. The minimum atomic E-state index is -3.54. The Kier molecular flexibility index (Phi) is 4.19. The van der Waals surface area contributed by atoms with Gasteiger partial charge < -0.3 is 5.73 Å². The molecule has 120 valence electrons. The van der Waals surface area contributed by atoms with Crippen molar-refractivity contribution in [3.05, 3.63) is 65.7 Å². The molecular weight excluding hydrogens is 312 g/mol. The highest BCUT2D eigenvalue weighted by molar-refractivity contribution is 7.89. The van der Waals surface area contributed by atoms with Crippen molar-refractivity contribution in [1.82, 2.24) is 4.31 Å². The molecule has 0 radical (unpaired) electrons. The monoisotopic (exact) mass is 330 g/mol. The van der Waals surface area contributed by atoms with E-state index in [1.165, 1.54) is 28.6 Å². The lowest BCUT2D eigenvalue weighted by molar-refractivity contribution is 0.1000. The molecule has 0 aliphatic carbocycles. The van der Waals surface area contributed by atoms with Crippen LogP contribution in [0.5, 0.6) is 0 Å². The fraction of sp³-hybridized carbons (Fsp3) is 0.235.